The van der Waals surface area contributed by atoms with Crippen LogP contribution in [-0.2, 0) is 13.1 Å². The second-order valence-corrected chi connectivity index (χ2v) is 4.82. The van der Waals surface area contributed by atoms with E-state index in [1.807, 2.05) is 25.1 Å². The lowest BCUT2D eigenvalue weighted by Crippen LogP contribution is -2.15. The third-order valence-corrected chi connectivity index (χ3v) is 3.45. The highest BCUT2D eigenvalue weighted by Crippen LogP contribution is 2.31. The molecule has 0 amide bonds. The zero-order chi connectivity index (χ0) is 12.7. The molecule has 0 aliphatic carbocycles. The first-order valence-corrected chi connectivity index (χ1v) is 6.02. The normalized spacial score (nSPS) is 13.8. The molecule has 0 spiro atoms. The summed E-state index contributed by atoms with van der Waals surface area (Å²) in [6, 6.07) is 11.0. The molecule has 0 atom stereocenters. The summed E-state index contributed by atoms with van der Waals surface area (Å²) in [5, 5.41) is 0. The highest BCUT2D eigenvalue weighted by molar-refractivity contribution is 5.58. The molecule has 2 aromatic carbocycles. The van der Waals surface area contributed by atoms with E-state index in [2.05, 4.69) is 11.0 Å². The van der Waals surface area contributed by atoms with Crippen molar-refractivity contribution in [1.82, 2.24) is 0 Å². The Morgan fingerprint density at radius 1 is 1.06 bits per heavy atom. The van der Waals surface area contributed by atoms with E-state index in [1.54, 1.807) is 6.07 Å². The molecule has 0 saturated carbocycles. The number of nitrogens with zero attached hydrogens (tertiary/aromatic N) is 1. The highest BCUT2D eigenvalue weighted by atomic mass is 19.1. The van der Waals surface area contributed by atoms with Crippen LogP contribution in [0.3, 0.4) is 0 Å². The third-order valence-electron chi connectivity index (χ3n) is 3.45. The second-order valence-electron chi connectivity index (χ2n) is 4.82. The van der Waals surface area contributed by atoms with Crippen LogP contribution in [0.2, 0.25) is 0 Å². The van der Waals surface area contributed by atoms with E-state index in [4.69, 9.17) is 5.73 Å². The average molecular weight is 242 g/mol. The molecule has 1 heterocycles. The zero-order valence-electron chi connectivity index (χ0n) is 10.3. The first kappa shape index (κ1) is 11.1. The fourth-order valence-electron chi connectivity index (χ4n) is 2.56. The van der Waals surface area contributed by atoms with Crippen molar-refractivity contribution in [1.29, 1.82) is 0 Å². The molecule has 0 radical (unpaired) electrons. The maximum Gasteiger partial charge on any atom is 0.123 e. The molecule has 1 aliphatic heterocycles. The average Bonchev–Trinajstić information content (AvgIpc) is 2.71. The Morgan fingerprint density at radius 2 is 1.83 bits per heavy atom. The van der Waals surface area contributed by atoms with Crippen molar-refractivity contribution in [3.8, 4) is 0 Å². The van der Waals surface area contributed by atoms with Gasteiger partial charge in [0.25, 0.3) is 0 Å². The molecule has 1 aliphatic rings. The van der Waals surface area contributed by atoms with Gasteiger partial charge in [-0.1, -0.05) is 6.07 Å². The standard InChI is InChI=1S/C15H15FN2/c1-10-6-13(16)3-5-15(10)18-8-11-2-4-14(17)7-12(11)9-18/h2-7H,8-9,17H2,1H3. The van der Waals surface area contributed by atoms with Crippen LogP contribution in [0, 0.1) is 12.7 Å². The second kappa shape index (κ2) is 4.02. The molecular formula is C15H15FN2. The fraction of sp³-hybridized carbons (Fsp3) is 0.200. The first-order chi connectivity index (χ1) is 8.63. The molecule has 3 heteroatoms. The van der Waals surface area contributed by atoms with E-state index in [1.165, 1.54) is 17.2 Å². The molecule has 3 rings (SSSR count). The summed E-state index contributed by atoms with van der Waals surface area (Å²) in [6.07, 6.45) is 0. The number of benzene rings is 2. The highest BCUT2D eigenvalue weighted by Gasteiger charge is 2.20. The Bertz CT molecular complexity index is 607. The Morgan fingerprint density at radius 3 is 2.61 bits per heavy atom. The molecular weight excluding hydrogens is 227 g/mol. The molecule has 2 aromatic rings. The van der Waals surface area contributed by atoms with Crippen LogP contribution in [0.25, 0.3) is 0 Å². The summed E-state index contributed by atoms with van der Waals surface area (Å²) in [7, 11) is 0. The van der Waals surface area contributed by atoms with Gasteiger partial charge >= 0.3 is 0 Å². The molecule has 0 fully saturated rings. The van der Waals surface area contributed by atoms with E-state index < -0.39 is 0 Å². The quantitative estimate of drug-likeness (QED) is 0.778. The predicted octanol–water partition coefficient (Wildman–Crippen LogP) is 3.24. The van der Waals surface area contributed by atoms with E-state index in [0.29, 0.717) is 0 Å². The molecule has 0 saturated heterocycles. The molecule has 92 valence electrons. The Kier molecular flexibility index (Phi) is 2.47. The van der Waals surface area contributed by atoms with E-state index in [0.717, 1.165) is 30.0 Å². The number of anilines is 2. The summed E-state index contributed by atoms with van der Waals surface area (Å²) >= 11 is 0. The summed E-state index contributed by atoms with van der Waals surface area (Å²) in [6.45, 7) is 3.64. The fourth-order valence-corrected chi connectivity index (χ4v) is 2.56. The van der Waals surface area contributed by atoms with Gasteiger partial charge in [-0.25, -0.2) is 4.39 Å². The minimum absolute atomic E-state index is 0.183. The van der Waals surface area contributed by atoms with E-state index in [9.17, 15) is 4.39 Å². The maximum absolute atomic E-state index is 13.1. The number of nitrogens with two attached hydrogens (primary N) is 1. The van der Waals surface area contributed by atoms with Crippen molar-refractivity contribution in [2.75, 3.05) is 10.6 Å². The number of fused-ring (bicyclic) bond motifs is 1. The molecule has 0 bridgehead atoms. The van der Waals surface area contributed by atoms with Crippen molar-refractivity contribution in [2.45, 2.75) is 20.0 Å². The van der Waals surface area contributed by atoms with Crippen LogP contribution in [0.15, 0.2) is 36.4 Å². The summed E-state index contributed by atoms with van der Waals surface area (Å²) in [4.78, 5) is 2.25. The summed E-state index contributed by atoms with van der Waals surface area (Å²) in [5.74, 6) is -0.183. The van der Waals surface area contributed by atoms with Gasteiger partial charge in [-0.15, -0.1) is 0 Å². The summed E-state index contributed by atoms with van der Waals surface area (Å²) < 4.78 is 13.1. The van der Waals surface area contributed by atoms with Gasteiger partial charge in [0.15, 0.2) is 0 Å². The third kappa shape index (κ3) is 1.82. The van der Waals surface area contributed by atoms with Gasteiger partial charge in [0.1, 0.15) is 5.82 Å². The van der Waals surface area contributed by atoms with Crippen LogP contribution in [0.4, 0.5) is 15.8 Å². The van der Waals surface area contributed by atoms with Crippen LogP contribution < -0.4 is 10.6 Å². The topological polar surface area (TPSA) is 29.3 Å². The summed E-state index contributed by atoms with van der Waals surface area (Å²) in [5.41, 5.74) is 11.2. The minimum Gasteiger partial charge on any atom is -0.399 e. The molecule has 2 N–H and O–H groups in total. The Hall–Kier alpha value is -2.03. The van der Waals surface area contributed by atoms with Crippen LogP contribution >= 0.6 is 0 Å². The molecule has 0 unspecified atom stereocenters. The van der Waals surface area contributed by atoms with E-state index >= 15 is 0 Å². The number of hydrogen-bond donors (Lipinski definition) is 1. The molecule has 0 aromatic heterocycles. The van der Waals surface area contributed by atoms with Crippen molar-refractivity contribution < 1.29 is 4.39 Å². The van der Waals surface area contributed by atoms with Crippen molar-refractivity contribution in [3.05, 3.63) is 58.9 Å². The lowest BCUT2D eigenvalue weighted by atomic mass is 10.1. The van der Waals surface area contributed by atoms with Crippen molar-refractivity contribution in [3.63, 3.8) is 0 Å². The maximum atomic E-state index is 13.1. The van der Waals surface area contributed by atoms with Gasteiger partial charge in [-0.05, 0) is 53.9 Å². The molecule has 2 nitrogen and oxygen atoms in total. The SMILES string of the molecule is Cc1cc(F)ccc1N1Cc2ccc(N)cc2C1. The van der Waals surface area contributed by atoms with Gasteiger partial charge in [0, 0.05) is 24.5 Å². The Balaban J connectivity index is 1.93. The smallest absolute Gasteiger partial charge is 0.123 e. The number of nitrogen functional groups attached to an aromatic ring is 1. The van der Waals surface area contributed by atoms with E-state index in [-0.39, 0.29) is 5.82 Å². The van der Waals surface area contributed by atoms with Crippen molar-refractivity contribution >= 4 is 11.4 Å². The monoisotopic (exact) mass is 242 g/mol. The minimum atomic E-state index is -0.183. The first-order valence-electron chi connectivity index (χ1n) is 6.02. The van der Waals surface area contributed by atoms with Crippen LogP contribution in [0.1, 0.15) is 16.7 Å². The van der Waals surface area contributed by atoms with Gasteiger partial charge in [0.05, 0.1) is 0 Å². The number of aryl methyl sites for hydroxylation is 1. The van der Waals surface area contributed by atoms with Gasteiger partial charge in [-0.2, -0.15) is 0 Å². The Labute approximate surface area is 106 Å². The lowest BCUT2D eigenvalue weighted by Gasteiger charge is -2.20. The van der Waals surface area contributed by atoms with Gasteiger partial charge < -0.3 is 10.6 Å². The van der Waals surface area contributed by atoms with Gasteiger partial charge in [-0.3, -0.25) is 0 Å². The number of hydrogen-bond acceptors (Lipinski definition) is 2. The number of halogens is 1. The largest absolute Gasteiger partial charge is 0.399 e. The zero-order valence-corrected chi connectivity index (χ0v) is 10.3. The predicted molar refractivity (Wildman–Crippen MR) is 71.9 cm³/mol. The van der Waals surface area contributed by atoms with Gasteiger partial charge in [0.2, 0.25) is 0 Å². The lowest BCUT2D eigenvalue weighted by molar-refractivity contribution is 0.626. The van der Waals surface area contributed by atoms with Crippen molar-refractivity contribution in [2.24, 2.45) is 0 Å². The molecule has 18 heavy (non-hydrogen) atoms. The van der Waals surface area contributed by atoms with Crippen LogP contribution in [-0.4, -0.2) is 0 Å². The number of rotatable bonds is 1. The van der Waals surface area contributed by atoms with Crippen LogP contribution in [0.5, 0.6) is 0 Å².